The van der Waals surface area contributed by atoms with E-state index in [1.54, 1.807) is 30.3 Å². The molecule has 5 rings (SSSR count). The molecule has 0 bridgehead atoms. The molecular weight excluding hydrogens is 645 g/mol. The van der Waals surface area contributed by atoms with Crippen LogP contribution in [0.25, 0.3) is 5.76 Å². The molecule has 8 nitrogen and oxygen atoms in total. The first-order chi connectivity index (χ1) is 19.2. The number of hydrogen-bond donors (Lipinski definition) is 2. The van der Waals surface area contributed by atoms with Gasteiger partial charge in [0.25, 0.3) is 5.78 Å². The third kappa shape index (κ3) is 5.31. The van der Waals surface area contributed by atoms with Crippen LogP contribution in [0.1, 0.15) is 22.7 Å². The van der Waals surface area contributed by atoms with Gasteiger partial charge in [-0.2, -0.15) is 0 Å². The second-order valence-corrected chi connectivity index (χ2v) is 11.9. The average Bonchev–Trinajstić information content (AvgIpc) is 3.51. The molecule has 1 amide bonds. The summed E-state index contributed by atoms with van der Waals surface area (Å²) in [6.07, 6.45) is 0. The fourth-order valence-corrected chi connectivity index (χ4v) is 6.57. The normalized spacial score (nSPS) is 16.5. The molecule has 0 aliphatic carbocycles. The van der Waals surface area contributed by atoms with E-state index in [-0.39, 0.29) is 43.8 Å². The van der Waals surface area contributed by atoms with Gasteiger partial charge >= 0.3 is 5.91 Å². The van der Waals surface area contributed by atoms with Gasteiger partial charge in [-0.15, -0.1) is 10.2 Å². The lowest BCUT2D eigenvalue weighted by Gasteiger charge is -2.23. The topological polar surface area (TPSA) is 113 Å². The van der Waals surface area contributed by atoms with Crippen LogP contribution in [-0.4, -0.2) is 39.2 Å². The molecule has 0 spiro atoms. The number of rotatable bonds is 7. The van der Waals surface area contributed by atoms with Crippen molar-refractivity contribution in [1.29, 1.82) is 0 Å². The number of benzene rings is 3. The summed E-state index contributed by atoms with van der Waals surface area (Å²) in [5.41, 5.74) is 0.916. The van der Waals surface area contributed by atoms with Crippen LogP contribution in [0.4, 0.5) is 9.52 Å². The van der Waals surface area contributed by atoms with Gasteiger partial charge in [-0.05, 0) is 69.5 Å². The number of carbonyl (C=O) groups excluding carboxylic acids is 2. The molecule has 2 N–H and O–H groups in total. The molecule has 1 saturated heterocycles. The summed E-state index contributed by atoms with van der Waals surface area (Å²) in [4.78, 5) is 28.0. The summed E-state index contributed by atoms with van der Waals surface area (Å²) in [5.74, 6) is -2.43. The van der Waals surface area contributed by atoms with E-state index in [1.807, 2.05) is 0 Å². The van der Waals surface area contributed by atoms with E-state index in [2.05, 4.69) is 26.1 Å². The lowest BCUT2D eigenvalue weighted by atomic mass is 9.95. The van der Waals surface area contributed by atoms with Crippen molar-refractivity contribution < 1.29 is 28.9 Å². The Morgan fingerprint density at radius 2 is 1.90 bits per heavy atom. The number of ether oxygens (including phenoxy) is 1. The molecule has 0 saturated carbocycles. The van der Waals surface area contributed by atoms with Crippen LogP contribution in [0, 0.1) is 5.82 Å². The van der Waals surface area contributed by atoms with Crippen molar-refractivity contribution in [3.8, 4) is 11.5 Å². The molecule has 2 heterocycles. The molecular formula is C27H18BrClFN3O5S2. The summed E-state index contributed by atoms with van der Waals surface area (Å²) in [5, 5.41) is 30.4. The van der Waals surface area contributed by atoms with Gasteiger partial charge in [0, 0.05) is 16.3 Å². The smallest absolute Gasteiger partial charge is 0.301 e. The van der Waals surface area contributed by atoms with Gasteiger partial charge in [0.15, 0.2) is 15.8 Å². The number of thioether (sulfide) groups is 1. The number of carbonyl (C=O) groups is 2. The van der Waals surface area contributed by atoms with Crippen molar-refractivity contribution >= 4 is 73.2 Å². The Balaban J connectivity index is 1.60. The van der Waals surface area contributed by atoms with E-state index < -0.39 is 23.5 Å². The number of hydrogen-bond acceptors (Lipinski definition) is 9. The Morgan fingerprint density at radius 1 is 1.18 bits per heavy atom. The quantitative estimate of drug-likeness (QED) is 0.0737. The second kappa shape index (κ2) is 11.6. The van der Waals surface area contributed by atoms with Gasteiger partial charge in [0.1, 0.15) is 11.6 Å². The number of Topliss-reactive ketones (excluding diaryl/α,β-unsaturated/α-hetero) is 1. The lowest BCUT2D eigenvalue weighted by Crippen LogP contribution is -2.29. The number of aromatic hydroxyl groups is 1. The number of methoxy groups -OCH3 is 1. The Bertz CT molecular complexity index is 1660. The number of aromatic nitrogens is 2. The van der Waals surface area contributed by atoms with Gasteiger partial charge < -0.3 is 14.9 Å². The fourth-order valence-electron chi connectivity index (χ4n) is 4.13. The molecule has 1 aliphatic rings. The Hall–Kier alpha value is -3.45. The fraction of sp³-hybridized carbons (Fsp3) is 0.111. The lowest BCUT2D eigenvalue weighted by molar-refractivity contribution is -0.132. The van der Waals surface area contributed by atoms with Gasteiger partial charge in [-0.3, -0.25) is 14.5 Å². The summed E-state index contributed by atoms with van der Waals surface area (Å²) in [6.45, 7) is 0. The third-order valence-corrected chi connectivity index (χ3v) is 9.02. The maximum absolute atomic E-state index is 14.1. The highest BCUT2D eigenvalue weighted by Crippen LogP contribution is 2.47. The average molecular weight is 663 g/mol. The van der Waals surface area contributed by atoms with E-state index in [4.69, 9.17) is 16.3 Å². The van der Waals surface area contributed by atoms with Crippen molar-refractivity contribution in [2.75, 3.05) is 12.0 Å². The number of ketones is 1. The molecule has 13 heteroatoms. The molecule has 4 aromatic rings. The standard InChI is InChI=1S/C27H18BrClFN3O5S2/c1-38-19-11-15(10-17(28)23(19)35)21-20(22(34)13-6-8-16(29)9-7-13)24(36)25(37)33(21)26-31-32-27(40-26)39-12-14-4-2-3-5-18(14)30/h2-11,21,34-35H,12H2,1H3/b22-20-. The molecule has 40 heavy (non-hydrogen) atoms. The number of halogens is 3. The van der Waals surface area contributed by atoms with E-state index in [1.165, 1.54) is 49.2 Å². The zero-order chi connectivity index (χ0) is 28.6. The highest BCUT2D eigenvalue weighted by molar-refractivity contribution is 9.10. The Labute approximate surface area is 249 Å². The van der Waals surface area contributed by atoms with Crippen molar-refractivity contribution in [3.05, 3.63) is 98.2 Å². The zero-order valence-electron chi connectivity index (χ0n) is 20.5. The van der Waals surface area contributed by atoms with Crippen molar-refractivity contribution in [2.45, 2.75) is 16.1 Å². The largest absolute Gasteiger partial charge is 0.507 e. The molecule has 0 radical (unpaired) electrons. The van der Waals surface area contributed by atoms with Gasteiger partial charge in [-0.25, -0.2) is 4.39 Å². The maximum atomic E-state index is 14.1. The maximum Gasteiger partial charge on any atom is 0.301 e. The summed E-state index contributed by atoms with van der Waals surface area (Å²) >= 11 is 11.5. The molecule has 1 aromatic heterocycles. The van der Waals surface area contributed by atoms with Gasteiger partial charge in [0.2, 0.25) is 5.13 Å². The first kappa shape index (κ1) is 28.1. The first-order valence-electron chi connectivity index (χ1n) is 11.5. The monoisotopic (exact) mass is 661 g/mol. The van der Waals surface area contributed by atoms with Crippen LogP contribution in [0.15, 0.2) is 75.0 Å². The van der Waals surface area contributed by atoms with Crippen molar-refractivity contribution in [1.82, 2.24) is 10.2 Å². The Morgan fingerprint density at radius 3 is 2.60 bits per heavy atom. The number of aliphatic hydroxyl groups excluding tert-OH is 1. The third-order valence-electron chi connectivity index (χ3n) is 6.06. The highest BCUT2D eigenvalue weighted by atomic mass is 79.9. The van der Waals surface area contributed by atoms with E-state index in [0.717, 1.165) is 16.2 Å². The van der Waals surface area contributed by atoms with Crippen molar-refractivity contribution in [2.24, 2.45) is 0 Å². The number of anilines is 1. The van der Waals surface area contributed by atoms with Gasteiger partial charge in [0.05, 0.1) is 23.2 Å². The highest BCUT2D eigenvalue weighted by Gasteiger charge is 2.48. The molecule has 1 fully saturated rings. The van der Waals surface area contributed by atoms with Crippen LogP contribution >= 0.6 is 50.6 Å². The predicted octanol–water partition coefficient (Wildman–Crippen LogP) is 6.73. The molecule has 204 valence electrons. The van der Waals surface area contributed by atoms with E-state index in [0.29, 0.717) is 20.5 Å². The number of phenolic OH excluding ortho intramolecular Hbond substituents is 1. The number of aliphatic hydroxyl groups is 1. The van der Waals surface area contributed by atoms with Crippen LogP contribution in [-0.2, 0) is 15.3 Å². The summed E-state index contributed by atoms with van der Waals surface area (Å²) < 4.78 is 20.0. The molecule has 3 aromatic carbocycles. The van der Waals surface area contributed by atoms with Crippen LogP contribution in [0.2, 0.25) is 5.02 Å². The Kier molecular flexibility index (Phi) is 8.13. The minimum atomic E-state index is -1.14. The van der Waals surface area contributed by atoms with Crippen LogP contribution < -0.4 is 9.64 Å². The van der Waals surface area contributed by atoms with E-state index >= 15 is 0 Å². The van der Waals surface area contributed by atoms with E-state index in [9.17, 15) is 24.2 Å². The van der Waals surface area contributed by atoms with Crippen molar-refractivity contribution in [3.63, 3.8) is 0 Å². The molecule has 1 aliphatic heterocycles. The molecule has 1 atom stereocenters. The summed E-state index contributed by atoms with van der Waals surface area (Å²) in [6, 6.07) is 14.4. The minimum Gasteiger partial charge on any atom is -0.507 e. The molecule has 1 unspecified atom stereocenters. The van der Waals surface area contributed by atoms with Gasteiger partial charge in [-0.1, -0.05) is 52.9 Å². The second-order valence-electron chi connectivity index (χ2n) is 8.46. The summed E-state index contributed by atoms with van der Waals surface area (Å²) in [7, 11) is 1.36. The first-order valence-corrected chi connectivity index (χ1v) is 14.5. The minimum absolute atomic E-state index is 0.0832. The number of amides is 1. The number of nitrogens with zero attached hydrogens (tertiary/aromatic N) is 3. The predicted molar refractivity (Wildman–Crippen MR) is 154 cm³/mol. The van der Waals surface area contributed by atoms with Crippen LogP contribution in [0.5, 0.6) is 11.5 Å². The SMILES string of the molecule is COc1cc(C2/C(=C(/O)c3ccc(Cl)cc3)C(=O)C(=O)N2c2nnc(SCc3ccccc3F)s2)cc(Br)c1O. The van der Waals surface area contributed by atoms with Crippen LogP contribution in [0.3, 0.4) is 0 Å². The number of phenols is 1. The zero-order valence-corrected chi connectivity index (χ0v) is 24.4.